The highest BCUT2D eigenvalue weighted by Crippen LogP contribution is 1.98. The van der Waals surface area contributed by atoms with Crippen molar-refractivity contribution in [1.29, 1.82) is 0 Å². The Hall–Kier alpha value is -1.10. The van der Waals surface area contributed by atoms with Crippen molar-refractivity contribution in [2.24, 2.45) is 11.5 Å². The van der Waals surface area contributed by atoms with Crippen LogP contribution in [0.3, 0.4) is 0 Å². The number of unbranched alkanes of at least 4 members (excludes halogenated alkanes) is 1. The first kappa shape index (κ1) is 12.9. The maximum atomic E-state index is 11.3. The predicted molar refractivity (Wildman–Crippen MR) is 54.3 cm³/mol. The summed E-state index contributed by atoms with van der Waals surface area (Å²) in [5.74, 6) is -0.870. The molecule has 14 heavy (non-hydrogen) atoms. The molecule has 82 valence electrons. The van der Waals surface area contributed by atoms with Crippen molar-refractivity contribution < 1.29 is 9.59 Å². The van der Waals surface area contributed by atoms with Gasteiger partial charge in [0.25, 0.3) is 0 Å². The number of carbonyl (C=O) groups excluding carboxylic acids is 2. The second-order valence-corrected chi connectivity index (χ2v) is 3.38. The van der Waals surface area contributed by atoms with Crippen molar-refractivity contribution in [3.63, 3.8) is 0 Å². The number of carbonyl (C=O) groups is 2. The highest BCUT2D eigenvalue weighted by Gasteiger charge is 2.17. The van der Waals surface area contributed by atoms with Gasteiger partial charge in [-0.3, -0.25) is 9.59 Å². The van der Waals surface area contributed by atoms with Gasteiger partial charge in [0.1, 0.15) is 6.04 Å². The summed E-state index contributed by atoms with van der Waals surface area (Å²) in [7, 11) is 0. The number of hydrogen-bond acceptors (Lipinski definition) is 3. The molecule has 0 radical (unpaired) electrons. The molecule has 0 aromatic rings. The maximum absolute atomic E-state index is 11.3. The first-order chi connectivity index (χ1) is 6.49. The Morgan fingerprint density at radius 2 is 2.00 bits per heavy atom. The molecule has 0 bridgehead atoms. The molecule has 1 unspecified atom stereocenters. The third-order valence-corrected chi connectivity index (χ3v) is 1.99. The minimum atomic E-state index is -0.657. The summed E-state index contributed by atoms with van der Waals surface area (Å²) in [6, 6.07) is -1.20. The Labute approximate surface area is 84.2 Å². The van der Waals surface area contributed by atoms with E-state index in [0.29, 0.717) is 6.42 Å². The molecule has 5 N–H and O–H groups in total. The molecule has 0 aromatic carbocycles. The lowest BCUT2D eigenvalue weighted by molar-refractivity contribution is -0.127. The standard InChI is InChI=1S/C9H19N3O2/c1-3-4-5-7(10)9(14)12-6(2)8(11)13/h6-7H,3-5,10H2,1-2H3,(H2,11,13)(H,12,14)/t6?,7-/m0/s1. The van der Waals surface area contributed by atoms with Crippen LogP contribution in [0, 0.1) is 0 Å². The maximum Gasteiger partial charge on any atom is 0.239 e. The molecule has 0 rings (SSSR count). The SMILES string of the molecule is CCCC[C@H](N)C(=O)NC(C)C(N)=O. The van der Waals surface area contributed by atoms with Gasteiger partial charge >= 0.3 is 0 Å². The van der Waals surface area contributed by atoms with Crippen molar-refractivity contribution >= 4 is 11.8 Å². The van der Waals surface area contributed by atoms with Crippen molar-refractivity contribution in [1.82, 2.24) is 5.32 Å². The first-order valence-electron chi connectivity index (χ1n) is 4.84. The number of rotatable bonds is 6. The Balaban J connectivity index is 3.88. The molecule has 0 aliphatic carbocycles. The van der Waals surface area contributed by atoms with E-state index in [2.05, 4.69) is 5.32 Å². The normalized spacial score (nSPS) is 14.5. The van der Waals surface area contributed by atoms with E-state index in [1.165, 1.54) is 6.92 Å². The molecule has 0 saturated carbocycles. The Morgan fingerprint density at radius 1 is 1.43 bits per heavy atom. The summed E-state index contributed by atoms with van der Waals surface area (Å²) in [5, 5.41) is 2.45. The molecule has 0 aliphatic rings. The molecule has 5 nitrogen and oxygen atoms in total. The lowest BCUT2D eigenvalue weighted by atomic mass is 10.1. The minimum Gasteiger partial charge on any atom is -0.368 e. The third kappa shape index (κ3) is 4.81. The Kier molecular flexibility index (Phi) is 5.87. The quantitative estimate of drug-likeness (QED) is 0.540. The van der Waals surface area contributed by atoms with Crippen molar-refractivity contribution in [2.45, 2.75) is 45.2 Å². The van der Waals surface area contributed by atoms with Gasteiger partial charge in [0, 0.05) is 0 Å². The molecule has 0 heterocycles. The second-order valence-electron chi connectivity index (χ2n) is 3.38. The molecule has 0 aliphatic heterocycles. The van der Waals surface area contributed by atoms with E-state index in [1.807, 2.05) is 6.92 Å². The monoisotopic (exact) mass is 201 g/mol. The zero-order chi connectivity index (χ0) is 11.1. The summed E-state index contributed by atoms with van der Waals surface area (Å²) < 4.78 is 0. The van der Waals surface area contributed by atoms with Crippen molar-refractivity contribution in [3.05, 3.63) is 0 Å². The molecule has 2 amide bonds. The van der Waals surface area contributed by atoms with E-state index >= 15 is 0 Å². The summed E-state index contributed by atoms with van der Waals surface area (Å²) in [6.07, 6.45) is 2.53. The van der Waals surface area contributed by atoms with Gasteiger partial charge in [0.05, 0.1) is 6.04 Å². The van der Waals surface area contributed by atoms with E-state index in [1.54, 1.807) is 0 Å². The molecule has 5 heteroatoms. The van der Waals surface area contributed by atoms with E-state index in [4.69, 9.17) is 11.5 Å². The highest BCUT2D eigenvalue weighted by molar-refractivity contribution is 5.88. The van der Waals surface area contributed by atoms with E-state index < -0.39 is 18.0 Å². The van der Waals surface area contributed by atoms with E-state index in [-0.39, 0.29) is 5.91 Å². The predicted octanol–water partition coefficient (Wildman–Crippen LogP) is -0.506. The smallest absolute Gasteiger partial charge is 0.239 e. The minimum absolute atomic E-state index is 0.315. The second kappa shape index (κ2) is 6.37. The van der Waals surface area contributed by atoms with Crippen LogP contribution < -0.4 is 16.8 Å². The van der Waals surface area contributed by atoms with Crippen LogP contribution in [0.25, 0.3) is 0 Å². The summed E-state index contributed by atoms with van der Waals surface area (Å²) in [4.78, 5) is 22.0. The number of amides is 2. The third-order valence-electron chi connectivity index (χ3n) is 1.99. The summed E-state index contributed by atoms with van der Waals surface area (Å²) >= 11 is 0. The number of hydrogen-bond donors (Lipinski definition) is 3. The van der Waals surface area contributed by atoms with Crippen LogP contribution in [0.15, 0.2) is 0 Å². The van der Waals surface area contributed by atoms with Gasteiger partial charge < -0.3 is 16.8 Å². The largest absolute Gasteiger partial charge is 0.368 e. The molecule has 0 fully saturated rings. The van der Waals surface area contributed by atoms with Crippen LogP contribution in [0.4, 0.5) is 0 Å². The highest BCUT2D eigenvalue weighted by atomic mass is 16.2. The van der Waals surface area contributed by atoms with Crippen LogP contribution in [0.1, 0.15) is 33.1 Å². The fourth-order valence-electron chi connectivity index (χ4n) is 0.947. The van der Waals surface area contributed by atoms with Gasteiger partial charge in [0.15, 0.2) is 0 Å². The number of nitrogens with one attached hydrogen (secondary N) is 1. The van der Waals surface area contributed by atoms with Gasteiger partial charge in [-0.05, 0) is 13.3 Å². The Morgan fingerprint density at radius 3 is 2.43 bits per heavy atom. The molecule has 2 atom stereocenters. The van der Waals surface area contributed by atoms with E-state index in [9.17, 15) is 9.59 Å². The van der Waals surface area contributed by atoms with Gasteiger partial charge in [-0.1, -0.05) is 19.8 Å². The van der Waals surface area contributed by atoms with E-state index in [0.717, 1.165) is 12.8 Å². The zero-order valence-corrected chi connectivity index (χ0v) is 8.75. The molecular formula is C9H19N3O2. The molecule has 0 saturated heterocycles. The van der Waals surface area contributed by atoms with Crippen LogP contribution in [-0.4, -0.2) is 23.9 Å². The fraction of sp³-hybridized carbons (Fsp3) is 0.778. The fourth-order valence-corrected chi connectivity index (χ4v) is 0.947. The van der Waals surface area contributed by atoms with Crippen LogP contribution >= 0.6 is 0 Å². The average Bonchev–Trinajstić information content (AvgIpc) is 2.13. The van der Waals surface area contributed by atoms with Gasteiger partial charge in [-0.2, -0.15) is 0 Å². The van der Waals surface area contributed by atoms with Gasteiger partial charge in [-0.15, -0.1) is 0 Å². The first-order valence-corrected chi connectivity index (χ1v) is 4.84. The van der Waals surface area contributed by atoms with Gasteiger partial charge in [0.2, 0.25) is 11.8 Å². The molecule has 0 spiro atoms. The van der Waals surface area contributed by atoms with Crippen LogP contribution in [0.2, 0.25) is 0 Å². The summed E-state index contributed by atoms with van der Waals surface area (Å²) in [5.41, 5.74) is 10.6. The van der Waals surface area contributed by atoms with Crippen LogP contribution in [0.5, 0.6) is 0 Å². The number of nitrogens with two attached hydrogens (primary N) is 2. The Bertz CT molecular complexity index is 206. The molecular weight excluding hydrogens is 182 g/mol. The summed E-state index contributed by atoms with van der Waals surface area (Å²) in [6.45, 7) is 3.56. The number of primary amides is 1. The van der Waals surface area contributed by atoms with Crippen molar-refractivity contribution in [3.8, 4) is 0 Å². The van der Waals surface area contributed by atoms with Crippen LogP contribution in [-0.2, 0) is 9.59 Å². The van der Waals surface area contributed by atoms with Crippen molar-refractivity contribution in [2.75, 3.05) is 0 Å². The lowest BCUT2D eigenvalue weighted by Crippen LogP contribution is -2.48. The van der Waals surface area contributed by atoms with Gasteiger partial charge in [-0.25, -0.2) is 0 Å². The average molecular weight is 201 g/mol. The topological polar surface area (TPSA) is 98.2 Å². The zero-order valence-electron chi connectivity index (χ0n) is 8.75. The molecule has 0 aromatic heterocycles. The lowest BCUT2D eigenvalue weighted by Gasteiger charge is -2.14.